The van der Waals surface area contributed by atoms with Gasteiger partial charge in [0.25, 0.3) is 0 Å². The van der Waals surface area contributed by atoms with Crippen LogP contribution in [0.3, 0.4) is 0 Å². The van der Waals surface area contributed by atoms with E-state index in [0.717, 1.165) is 64.1 Å². The standard InChI is InChI=1S/C22H37N3O3.HI/c1-4-23-22(24-11-5-13-26-16-19-10-14-27-17-19)25-12-15-28-21-8-6-20(7-9-21)18(2)3;/h6-9,18-19H,4-5,10-17H2,1-3H3,(H2,23,24,25);1H. The predicted octanol–water partition coefficient (Wildman–Crippen LogP) is 3.81. The summed E-state index contributed by atoms with van der Waals surface area (Å²) in [4.78, 5) is 4.59. The zero-order valence-corrected chi connectivity index (χ0v) is 20.4. The van der Waals surface area contributed by atoms with E-state index < -0.39 is 0 Å². The molecule has 1 aliphatic heterocycles. The maximum atomic E-state index is 5.80. The van der Waals surface area contributed by atoms with Crippen LogP contribution in [-0.4, -0.2) is 58.6 Å². The van der Waals surface area contributed by atoms with E-state index in [2.05, 4.69) is 48.5 Å². The Labute approximate surface area is 193 Å². The largest absolute Gasteiger partial charge is 0.492 e. The number of rotatable bonds is 12. The summed E-state index contributed by atoms with van der Waals surface area (Å²) in [5, 5.41) is 6.58. The smallest absolute Gasteiger partial charge is 0.191 e. The molecule has 0 saturated carbocycles. The van der Waals surface area contributed by atoms with Gasteiger partial charge in [0, 0.05) is 32.2 Å². The molecule has 7 heteroatoms. The van der Waals surface area contributed by atoms with Crippen LogP contribution in [-0.2, 0) is 9.47 Å². The fourth-order valence-corrected chi connectivity index (χ4v) is 2.95. The van der Waals surface area contributed by atoms with Crippen molar-refractivity contribution in [2.45, 2.75) is 39.5 Å². The van der Waals surface area contributed by atoms with Crippen molar-refractivity contribution in [2.24, 2.45) is 10.9 Å². The lowest BCUT2D eigenvalue weighted by Gasteiger charge is -2.13. The van der Waals surface area contributed by atoms with E-state index in [1.54, 1.807) is 0 Å². The molecule has 0 radical (unpaired) electrons. The quantitative estimate of drug-likeness (QED) is 0.190. The van der Waals surface area contributed by atoms with E-state index in [1.165, 1.54) is 5.56 Å². The van der Waals surface area contributed by atoms with Crippen molar-refractivity contribution in [3.8, 4) is 5.75 Å². The lowest BCUT2D eigenvalue weighted by molar-refractivity contribution is 0.0893. The van der Waals surface area contributed by atoms with Gasteiger partial charge in [-0.2, -0.15) is 0 Å². The lowest BCUT2D eigenvalue weighted by Crippen LogP contribution is -2.39. The van der Waals surface area contributed by atoms with Crippen molar-refractivity contribution < 1.29 is 14.2 Å². The number of hydrogen-bond acceptors (Lipinski definition) is 4. The Morgan fingerprint density at radius 1 is 1.21 bits per heavy atom. The van der Waals surface area contributed by atoms with Crippen molar-refractivity contribution >= 4 is 29.9 Å². The molecule has 1 fully saturated rings. The summed E-state index contributed by atoms with van der Waals surface area (Å²) in [7, 11) is 0. The molecule has 1 heterocycles. The monoisotopic (exact) mass is 519 g/mol. The molecule has 2 rings (SSSR count). The van der Waals surface area contributed by atoms with E-state index in [1.807, 2.05) is 12.1 Å². The van der Waals surface area contributed by atoms with Gasteiger partial charge in [0.05, 0.1) is 19.8 Å². The van der Waals surface area contributed by atoms with Gasteiger partial charge in [-0.1, -0.05) is 26.0 Å². The van der Waals surface area contributed by atoms with E-state index in [0.29, 0.717) is 25.0 Å². The van der Waals surface area contributed by atoms with Crippen LogP contribution in [0.5, 0.6) is 5.75 Å². The number of nitrogens with zero attached hydrogens (tertiary/aromatic N) is 1. The maximum Gasteiger partial charge on any atom is 0.191 e. The summed E-state index contributed by atoms with van der Waals surface area (Å²) in [5.74, 6) is 2.84. The van der Waals surface area contributed by atoms with Gasteiger partial charge in [0.2, 0.25) is 0 Å². The van der Waals surface area contributed by atoms with Crippen molar-refractivity contribution in [1.82, 2.24) is 10.6 Å². The van der Waals surface area contributed by atoms with Crippen LogP contribution in [0.25, 0.3) is 0 Å². The van der Waals surface area contributed by atoms with E-state index in [-0.39, 0.29) is 24.0 Å². The Balaban J connectivity index is 0.00000420. The van der Waals surface area contributed by atoms with Crippen LogP contribution in [0.2, 0.25) is 0 Å². The molecule has 0 bridgehead atoms. The third-order valence-corrected chi connectivity index (χ3v) is 4.65. The topological polar surface area (TPSA) is 64.1 Å². The molecule has 1 saturated heterocycles. The third-order valence-electron chi connectivity index (χ3n) is 4.65. The molecule has 1 unspecified atom stereocenters. The molecule has 2 N–H and O–H groups in total. The van der Waals surface area contributed by atoms with Crippen molar-refractivity contribution in [3.05, 3.63) is 29.8 Å². The minimum atomic E-state index is 0. The first-order valence-corrected chi connectivity index (χ1v) is 10.6. The molecular weight excluding hydrogens is 481 g/mol. The Morgan fingerprint density at radius 3 is 2.66 bits per heavy atom. The summed E-state index contributed by atoms with van der Waals surface area (Å²) in [5.41, 5.74) is 1.33. The SMILES string of the molecule is CCNC(=NCCCOCC1CCOC1)NCCOc1ccc(C(C)C)cc1.I. The van der Waals surface area contributed by atoms with E-state index >= 15 is 0 Å². The summed E-state index contributed by atoms with van der Waals surface area (Å²) in [6.45, 7) is 12.6. The van der Waals surface area contributed by atoms with Crippen LogP contribution >= 0.6 is 24.0 Å². The minimum Gasteiger partial charge on any atom is -0.492 e. The second kappa shape index (κ2) is 15.7. The number of nitrogens with one attached hydrogen (secondary N) is 2. The number of halogens is 1. The summed E-state index contributed by atoms with van der Waals surface area (Å²) in [6, 6.07) is 8.32. The highest BCUT2D eigenvalue weighted by molar-refractivity contribution is 14.0. The fourth-order valence-electron chi connectivity index (χ4n) is 2.95. The molecular formula is C22H38IN3O3. The molecule has 1 atom stereocenters. The van der Waals surface area contributed by atoms with E-state index in [9.17, 15) is 0 Å². The van der Waals surface area contributed by atoms with Gasteiger partial charge in [-0.15, -0.1) is 24.0 Å². The zero-order chi connectivity index (χ0) is 20.0. The predicted molar refractivity (Wildman–Crippen MR) is 130 cm³/mol. The average Bonchev–Trinajstić information content (AvgIpc) is 3.21. The fraction of sp³-hybridized carbons (Fsp3) is 0.682. The highest BCUT2D eigenvalue weighted by atomic mass is 127. The number of ether oxygens (including phenoxy) is 3. The van der Waals surface area contributed by atoms with Gasteiger partial charge in [-0.25, -0.2) is 0 Å². The summed E-state index contributed by atoms with van der Waals surface area (Å²) in [6.07, 6.45) is 2.04. The van der Waals surface area contributed by atoms with Gasteiger partial charge in [-0.05, 0) is 43.4 Å². The minimum absolute atomic E-state index is 0. The summed E-state index contributed by atoms with van der Waals surface area (Å²) < 4.78 is 16.9. The molecule has 166 valence electrons. The first kappa shape index (κ1) is 26.0. The average molecular weight is 519 g/mol. The Morgan fingerprint density at radius 2 is 2.00 bits per heavy atom. The molecule has 0 aliphatic carbocycles. The maximum absolute atomic E-state index is 5.80. The van der Waals surface area contributed by atoms with Gasteiger partial charge >= 0.3 is 0 Å². The van der Waals surface area contributed by atoms with Crippen molar-refractivity contribution in [2.75, 3.05) is 52.7 Å². The van der Waals surface area contributed by atoms with Gasteiger partial charge in [-0.3, -0.25) is 4.99 Å². The molecule has 6 nitrogen and oxygen atoms in total. The molecule has 0 amide bonds. The van der Waals surface area contributed by atoms with Gasteiger partial charge in [0.15, 0.2) is 5.96 Å². The van der Waals surface area contributed by atoms with Crippen LogP contribution < -0.4 is 15.4 Å². The number of aliphatic imine (C=N–C) groups is 1. The highest BCUT2D eigenvalue weighted by Crippen LogP contribution is 2.18. The van der Waals surface area contributed by atoms with Crippen LogP contribution in [0.1, 0.15) is 45.1 Å². The van der Waals surface area contributed by atoms with Crippen molar-refractivity contribution in [1.29, 1.82) is 0 Å². The second-order valence-corrected chi connectivity index (χ2v) is 7.42. The van der Waals surface area contributed by atoms with Crippen LogP contribution in [0.15, 0.2) is 29.3 Å². The number of benzene rings is 1. The van der Waals surface area contributed by atoms with E-state index in [4.69, 9.17) is 14.2 Å². The zero-order valence-electron chi connectivity index (χ0n) is 18.1. The Hall–Kier alpha value is -1.06. The van der Waals surface area contributed by atoms with Crippen LogP contribution in [0, 0.1) is 5.92 Å². The Kier molecular flexibility index (Phi) is 14.1. The number of hydrogen-bond donors (Lipinski definition) is 2. The summed E-state index contributed by atoms with van der Waals surface area (Å²) >= 11 is 0. The first-order valence-electron chi connectivity index (χ1n) is 10.6. The van der Waals surface area contributed by atoms with Gasteiger partial charge < -0.3 is 24.8 Å². The first-order chi connectivity index (χ1) is 13.7. The van der Waals surface area contributed by atoms with Gasteiger partial charge in [0.1, 0.15) is 12.4 Å². The molecule has 0 aromatic heterocycles. The molecule has 0 spiro atoms. The molecule has 1 aromatic carbocycles. The second-order valence-electron chi connectivity index (χ2n) is 7.42. The molecule has 1 aliphatic rings. The normalized spacial score (nSPS) is 16.6. The number of guanidine groups is 1. The molecule has 29 heavy (non-hydrogen) atoms. The van der Waals surface area contributed by atoms with Crippen LogP contribution in [0.4, 0.5) is 0 Å². The Bertz CT molecular complexity index is 561. The van der Waals surface area contributed by atoms with Crippen molar-refractivity contribution in [3.63, 3.8) is 0 Å². The molecule has 1 aromatic rings. The lowest BCUT2D eigenvalue weighted by atomic mass is 10.0. The third kappa shape index (κ3) is 11.1. The highest BCUT2D eigenvalue weighted by Gasteiger charge is 2.15.